The minimum atomic E-state index is 0.232. The lowest BCUT2D eigenvalue weighted by Gasteiger charge is -2.22. The summed E-state index contributed by atoms with van der Waals surface area (Å²) in [6.07, 6.45) is 8.52. The van der Waals surface area contributed by atoms with Crippen molar-refractivity contribution in [2.75, 3.05) is 13.1 Å². The van der Waals surface area contributed by atoms with Gasteiger partial charge in [-0.25, -0.2) is 0 Å². The summed E-state index contributed by atoms with van der Waals surface area (Å²) in [6, 6.07) is 0.338. The van der Waals surface area contributed by atoms with E-state index in [9.17, 15) is 4.79 Å². The van der Waals surface area contributed by atoms with Crippen LogP contribution in [0.2, 0.25) is 0 Å². The van der Waals surface area contributed by atoms with Gasteiger partial charge in [-0.3, -0.25) is 4.79 Å². The SMILES string of the molecule is NC1CCC2CN(C(=O)C3CC=CC3)CC12. The van der Waals surface area contributed by atoms with Crippen LogP contribution < -0.4 is 5.73 Å². The highest BCUT2D eigenvalue weighted by atomic mass is 16.2. The molecule has 1 saturated carbocycles. The largest absolute Gasteiger partial charge is 0.342 e. The molecule has 1 heterocycles. The van der Waals surface area contributed by atoms with E-state index >= 15 is 0 Å². The zero-order valence-corrected chi connectivity index (χ0v) is 9.64. The molecule has 0 spiro atoms. The van der Waals surface area contributed by atoms with Crippen LogP contribution >= 0.6 is 0 Å². The van der Waals surface area contributed by atoms with Gasteiger partial charge in [0, 0.05) is 25.0 Å². The van der Waals surface area contributed by atoms with Crippen molar-refractivity contribution in [3.8, 4) is 0 Å². The number of fused-ring (bicyclic) bond motifs is 1. The van der Waals surface area contributed by atoms with Crippen LogP contribution in [0.3, 0.4) is 0 Å². The normalized spacial score (nSPS) is 38.3. The number of hydrogen-bond donors (Lipinski definition) is 1. The third kappa shape index (κ3) is 1.58. The van der Waals surface area contributed by atoms with Crippen LogP contribution in [0.5, 0.6) is 0 Å². The summed E-state index contributed by atoms with van der Waals surface area (Å²) in [5, 5.41) is 0. The second kappa shape index (κ2) is 3.88. The van der Waals surface area contributed by atoms with Gasteiger partial charge in [-0.1, -0.05) is 12.2 Å². The minimum Gasteiger partial charge on any atom is -0.342 e. The summed E-state index contributed by atoms with van der Waals surface area (Å²) >= 11 is 0. The number of likely N-dealkylation sites (tertiary alicyclic amines) is 1. The Hall–Kier alpha value is -0.830. The molecule has 3 atom stereocenters. The first-order valence-electron chi connectivity index (χ1n) is 6.45. The smallest absolute Gasteiger partial charge is 0.226 e. The van der Waals surface area contributed by atoms with Gasteiger partial charge >= 0.3 is 0 Å². The average Bonchev–Trinajstić information content (AvgIpc) is 2.96. The first-order valence-corrected chi connectivity index (χ1v) is 6.45. The molecule has 3 nitrogen and oxygen atoms in total. The van der Waals surface area contributed by atoms with Crippen molar-refractivity contribution in [3.05, 3.63) is 12.2 Å². The Bertz CT molecular complexity index is 318. The Labute approximate surface area is 96.7 Å². The van der Waals surface area contributed by atoms with E-state index in [1.54, 1.807) is 0 Å². The molecule has 0 aromatic heterocycles. The zero-order valence-electron chi connectivity index (χ0n) is 9.64. The summed E-state index contributed by atoms with van der Waals surface area (Å²) < 4.78 is 0. The van der Waals surface area contributed by atoms with E-state index in [1.165, 1.54) is 6.42 Å². The molecule has 0 bridgehead atoms. The van der Waals surface area contributed by atoms with E-state index in [0.29, 0.717) is 23.8 Å². The molecule has 3 aliphatic rings. The Morgan fingerprint density at radius 2 is 1.94 bits per heavy atom. The molecule has 3 unspecified atom stereocenters. The van der Waals surface area contributed by atoms with Crippen LogP contribution in [0.4, 0.5) is 0 Å². The van der Waals surface area contributed by atoms with Crippen molar-refractivity contribution in [1.82, 2.24) is 4.90 Å². The van der Waals surface area contributed by atoms with Gasteiger partial charge in [0.25, 0.3) is 0 Å². The molecule has 2 fully saturated rings. The Kier molecular flexibility index (Phi) is 2.51. The molecule has 2 N–H and O–H groups in total. The van der Waals surface area contributed by atoms with Crippen molar-refractivity contribution in [3.63, 3.8) is 0 Å². The van der Waals surface area contributed by atoms with E-state index in [2.05, 4.69) is 17.1 Å². The van der Waals surface area contributed by atoms with Crippen molar-refractivity contribution >= 4 is 5.91 Å². The summed E-state index contributed by atoms with van der Waals surface area (Å²) in [6.45, 7) is 1.88. The molecule has 3 heteroatoms. The molecule has 1 amide bonds. The Balaban J connectivity index is 1.63. The number of carbonyl (C=O) groups excluding carboxylic acids is 1. The van der Waals surface area contributed by atoms with Gasteiger partial charge in [0.05, 0.1) is 0 Å². The minimum absolute atomic E-state index is 0.232. The van der Waals surface area contributed by atoms with E-state index in [1.807, 2.05) is 0 Å². The molecule has 0 radical (unpaired) electrons. The van der Waals surface area contributed by atoms with Crippen LogP contribution in [-0.2, 0) is 4.79 Å². The first kappa shape index (κ1) is 10.3. The maximum absolute atomic E-state index is 12.2. The van der Waals surface area contributed by atoms with Gasteiger partial charge in [0.1, 0.15) is 0 Å². The number of nitrogens with two attached hydrogens (primary N) is 1. The molecule has 2 aliphatic carbocycles. The van der Waals surface area contributed by atoms with Gasteiger partial charge in [-0.05, 0) is 37.5 Å². The predicted octanol–water partition coefficient (Wildman–Crippen LogP) is 1.15. The van der Waals surface area contributed by atoms with Gasteiger partial charge in [-0.2, -0.15) is 0 Å². The predicted molar refractivity (Wildman–Crippen MR) is 62.6 cm³/mol. The van der Waals surface area contributed by atoms with Crippen LogP contribution in [0, 0.1) is 17.8 Å². The topological polar surface area (TPSA) is 46.3 Å². The number of carbonyl (C=O) groups is 1. The maximum Gasteiger partial charge on any atom is 0.226 e. The van der Waals surface area contributed by atoms with Crippen molar-refractivity contribution in [2.45, 2.75) is 31.7 Å². The lowest BCUT2D eigenvalue weighted by molar-refractivity contribution is -0.134. The average molecular weight is 220 g/mol. The summed E-state index contributed by atoms with van der Waals surface area (Å²) in [7, 11) is 0. The molecular weight excluding hydrogens is 200 g/mol. The van der Waals surface area contributed by atoms with Gasteiger partial charge < -0.3 is 10.6 Å². The summed E-state index contributed by atoms with van der Waals surface area (Å²) in [4.78, 5) is 14.3. The van der Waals surface area contributed by atoms with Crippen LogP contribution in [-0.4, -0.2) is 29.9 Å². The summed E-state index contributed by atoms with van der Waals surface area (Å²) in [5.41, 5.74) is 6.09. The van der Waals surface area contributed by atoms with Gasteiger partial charge in [0.2, 0.25) is 5.91 Å². The molecule has 0 aromatic carbocycles. The van der Waals surface area contributed by atoms with Crippen molar-refractivity contribution in [2.24, 2.45) is 23.5 Å². The molecule has 88 valence electrons. The highest BCUT2D eigenvalue weighted by Gasteiger charge is 2.43. The Morgan fingerprint density at radius 1 is 1.19 bits per heavy atom. The number of hydrogen-bond acceptors (Lipinski definition) is 2. The van der Waals surface area contributed by atoms with Crippen molar-refractivity contribution < 1.29 is 4.79 Å². The van der Waals surface area contributed by atoms with E-state index in [0.717, 1.165) is 32.4 Å². The fourth-order valence-electron chi connectivity index (χ4n) is 3.56. The second-order valence-electron chi connectivity index (χ2n) is 5.55. The molecule has 3 rings (SSSR count). The molecule has 0 aromatic rings. The van der Waals surface area contributed by atoms with Crippen molar-refractivity contribution in [1.29, 1.82) is 0 Å². The Morgan fingerprint density at radius 3 is 2.62 bits per heavy atom. The lowest BCUT2D eigenvalue weighted by atomic mass is 9.98. The molecular formula is C13H20N2O. The molecule has 1 aliphatic heterocycles. The van der Waals surface area contributed by atoms with Crippen LogP contribution in [0.25, 0.3) is 0 Å². The zero-order chi connectivity index (χ0) is 11.1. The third-order valence-corrected chi connectivity index (χ3v) is 4.58. The van der Waals surface area contributed by atoms with E-state index < -0.39 is 0 Å². The quantitative estimate of drug-likeness (QED) is 0.674. The highest BCUT2D eigenvalue weighted by Crippen LogP contribution is 2.38. The van der Waals surface area contributed by atoms with Gasteiger partial charge in [-0.15, -0.1) is 0 Å². The first-order chi connectivity index (χ1) is 7.75. The van der Waals surface area contributed by atoms with E-state index in [4.69, 9.17) is 5.73 Å². The monoisotopic (exact) mass is 220 g/mol. The number of rotatable bonds is 1. The molecule has 16 heavy (non-hydrogen) atoms. The lowest BCUT2D eigenvalue weighted by Crippen LogP contribution is -2.36. The molecule has 1 saturated heterocycles. The highest BCUT2D eigenvalue weighted by molar-refractivity contribution is 5.80. The number of allylic oxidation sites excluding steroid dienone is 2. The number of nitrogens with zero attached hydrogens (tertiary/aromatic N) is 1. The van der Waals surface area contributed by atoms with Gasteiger partial charge in [0.15, 0.2) is 0 Å². The van der Waals surface area contributed by atoms with E-state index in [-0.39, 0.29) is 5.92 Å². The second-order valence-corrected chi connectivity index (χ2v) is 5.55. The maximum atomic E-state index is 12.2. The fourth-order valence-corrected chi connectivity index (χ4v) is 3.56. The number of amides is 1. The van der Waals surface area contributed by atoms with Crippen LogP contribution in [0.1, 0.15) is 25.7 Å². The summed E-state index contributed by atoms with van der Waals surface area (Å²) in [5.74, 6) is 1.87. The fraction of sp³-hybridized carbons (Fsp3) is 0.769. The third-order valence-electron chi connectivity index (χ3n) is 4.58. The standard InChI is InChI=1S/C13H20N2O/c14-12-6-5-10-7-15(8-11(10)12)13(16)9-3-1-2-4-9/h1-2,9-12H,3-8,14H2. The van der Waals surface area contributed by atoms with Crippen LogP contribution in [0.15, 0.2) is 12.2 Å².